The van der Waals surface area contributed by atoms with Crippen molar-refractivity contribution in [1.82, 2.24) is 5.32 Å². The number of methoxy groups -OCH3 is 2. The number of aryl methyl sites for hydroxylation is 1. The molecule has 0 aromatic heterocycles. The Morgan fingerprint density at radius 2 is 1.71 bits per heavy atom. The van der Waals surface area contributed by atoms with Gasteiger partial charge in [0.25, 0.3) is 0 Å². The molecule has 1 aliphatic carbocycles. The minimum Gasteiger partial charge on any atom is -0.497 e. The quantitative estimate of drug-likeness (QED) is 0.698. The van der Waals surface area contributed by atoms with Crippen LogP contribution in [-0.2, 0) is 22.6 Å². The fourth-order valence-electron chi connectivity index (χ4n) is 2.91. The molecular formula is C22H26N2O4. The summed E-state index contributed by atoms with van der Waals surface area (Å²) < 4.78 is 10.5. The Morgan fingerprint density at radius 1 is 1.00 bits per heavy atom. The number of nitrogens with one attached hydrogen (secondary N) is 2. The topological polar surface area (TPSA) is 76.7 Å². The maximum atomic E-state index is 12.2. The second kappa shape index (κ2) is 9.26. The zero-order valence-electron chi connectivity index (χ0n) is 16.3. The van der Waals surface area contributed by atoms with Gasteiger partial charge in [0.15, 0.2) is 0 Å². The number of ether oxygens (including phenoxy) is 2. The first kappa shape index (κ1) is 19.7. The SMILES string of the molecule is COc1cc(CCC(=O)NCc2cccc(NC(=O)C3CC3)c2)cc(OC)c1. The van der Waals surface area contributed by atoms with Crippen molar-refractivity contribution in [1.29, 1.82) is 0 Å². The number of amides is 2. The van der Waals surface area contributed by atoms with Crippen molar-refractivity contribution in [3.05, 3.63) is 53.6 Å². The summed E-state index contributed by atoms with van der Waals surface area (Å²) in [5.41, 5.74) is 2.70. The van der Waals surface area contributed by atoms with Crippen molar-refractivity contribution in [2.75, 3.05) is 19.5 Å². The van der Waals surface area contributed by atoms with E-state index in [2.05, 4.69) is 10.6 Å². The zero-order chi connectivity index (χ0) is 19.9. The van der Waals surface area contributed by atoms with Gasteiger partial charge >= 0.3 is 0 Å². The standard InChI is InChI=1S/C22H26N2O4/c1-27-19-11-15(12-20(13-19)28-2)6-9-21(25)23-14-16-4-3-5-18(10-16)24-22(26)17-7-8-17/h3-5,10-13,17H,6-9,14H2,1-2H3,(H,23,25)(H,24,26). The summed E-state index contributed by atoms with van der Waals surface area (Å²) >= 11 is 0. The largest absolute Gasteiger partial charge is 0.497 e. The number of anilines is 1. The van der Waals surface area contributed by atoms with Crippen LogP contribution in [0.15, 0.2) is 42.5 Å². The maximum Gasteiger partial charge on any atom is 0.227 e. The molecule has 0 atom stereocenters. The van der Waals surface area contributed by atoms with Crippen LogP contribution in [0.1, 0.15) is 30.4 Å². The third-order valence-corrected chi connectivity index (χ3v) is 4.68. The van der Waals surface area contributed by atoms with Gasteiger partial charge in [-0.3, -0.25) is 9.59 Å². The Labute approximate surface area is 165 Å². The third-order valence-electron chi connectivity index (χ3n) is 4.68. The number of carbonyl (C=O) groups excluding carboxylic acids is 2. The highest BCUT2D eigenvalue weighted by Crippen LogP contribution is 2.30. The van der Waals surface area contributed by atoms with Crippen LogP contribution in [0, 0.1) is 5.92 Å². The van der Waals surface area contributed by atoms with Gasteiger partial charge < -0.3 is 20.1 Å². The lowest BCUT2D eigenvalue weighted by atomic mass is 10.1. The number of carbonyl (C=O) groups is 2. The first-order valence-corrected chi connectivity index (χ1v) is 9.46. The molecule has 2 N–H and O–H groups in total. The van der Waals surface area contributed by atoms with Gasteiger partial charge in [0.05, 0.1) is 14.2 Å². The van der Waals surface area contributed by atoms with E-state index in [0.29, 0.717) is 30.9 Å². The summed E-state index contributed by atoms with van der Waals surface area (Å²) in [5.74, 6) is 1.63. The summed E-state index contributed by atoms with van der Waals surface area (Å²) in [6, 6.07) is 13.2. The van der Waals surface area contributed by atoms with Gasteiger partial charge in [-0.25, -0.2) is 0 Å². The predicted molar refractivity (Wildman–Crippen MR) is 108 cm³/mol. The molecule has 0 unspecified atom stereocenters. The highest BCUT2D eigenvalue weighted by Gasteiger charge is 2.29. The van der Waals surface area contributed by atoms with Gasteiger partial charge in [-0.1, -0.05) is 12.1 Å². The summed E-state index contributed by atoms with van der Waals surface area (Å²) in [7, 11) is 3.21. The molecule has 1 saturated carbocycles. The Hall–Kier alpha value is -3.02. The van der Waals surface area contributed by atoms with Crippen LogP contribution in [0.4, 0.5) is 5.69 Å². The number of benzene rings is 2. The fourth-order valence-corrected chi connectivity index (χ4v) is 2.91. The fraction of sp³-hybridized carbons (Fsp3) is 0.364. The lowest BCUT2D eigenvalue weighted by molar-refractivity contribution is -0.121. The molecule has 0 saturated heterocycles. The summed E-state index contributed by atoms with van der Waals surface area (Å²) in [6.07, 6.45) is 2.91. The number of hydrogen-bond donors (Lipinski definition) is 2. The molecule has 2 aromatic carbocycles. The molecule has 1 aliphatic rings. The van der Waals surface area contributed by atoms with E-state index < -0.39 is 0 Å². The van der Waals surface area contributed by atoms with E-state index in [9.17, 15) is 9.59 Å². The van der Waals surface area contributed by atoms with E-state index in [1.807, 2.05) is 36.4 Å². The molecule has 0 radical (unpaired) electrons. The molecular weight excluding hydrogens is 356 g/mol. The Bertz CT molecular complexity index is 824. The number of hydrogen-bond acceptors (Lipinski definition) is 4. The molecule has 2 aromatic rings. The summed E-state index contributed by atoms with van der Waals surface area (Å²) in [6.45, 7) is 0.424. The van der Waals surface area contributed by atoms with Crippen molar-refractivity contribution in [2.45, 2.75) is 32.2 Å². The molecule has 0 aliphatic heterocycles. The molecule has 3 rings (SSSR count). The number of rotatable bonds is 9. The van der Waals surface area contributed by atoms with Gasteiger partial charge in [0.1, 0.15) is 11.5 Å². The highest BCUT2D eigenvalue weighted by atomic mass is 16.5. The molecule has 0 bridgehead atoms. The van der Waals surface area contributed by atoms with Crippen LogP contribution < -0.4 is 20.1 Å². The molecule has 148 valence electrons. The smallest absolute Gasteiger partial charge is 0.227 e. The van der Waals surface area contributed by atoms with E-state index in [0.717, 1.165) is 29.7 Å². The van der Waals surface area contributed by atoms with Gasteiger partial charge in [-0.15, -0.1) is 0 Å². The van der Waals surface area contributed by atoms with E-state index >= 15 is 0 Å². The van der Waals surface area contributed by atoms with Gasteiger partial charge in [0.2, 0.25) is 11.8 Å². The zero-order valence-corrected chi connectivity index (χ0v) is 16.3. The Morgan fingerprint density at radius 3 is 2.36 bits per heavy atom. The monoisotopic (exact) mass is 382 g/mol. The van der Waals surface area contributed by atoms with Crippen LogP contribution in [0.3, 0.4) is 0 Å². The lowest BCUT2D eigenvalue weighted by Gasteiger charge is -2.10. The van der Waals surface area contributed by atoms with Crippen LogP contribution >= 0.6 is 0 Å². The minimum absolute atomic E-state index is 0.0331. The van der Waals surface area contributed by atoms with Crippen LogP contribution in [0.25, 0.3) is 0 Å². The van der Waals surface area contributed by atoms with Crippen LogP contribution in [0.2, 0.25) is 0 Å². The van der Waals surface area contributed by atoms with Gasteiger partial charge in [-0.2, -0.15) is 0 Å². The van der Waals surface area contributed by atoms with E-state index in [4.69, 9.17) is 9.47 Å². The molecule has 0 heterocycles. The van der Waals surface area contributed by atoms with Crippen LogP contribution in [-0.4, -0.2) is 26.0 Å². The minimum atomic E-state index is -0.0331. The normalized spacial score (nSPS) is 12.9. The van der Waals surface area contributed by atoms with E-state index in [1.165, 1.54) is 0 Å². The molecule has 6 nitrogen and oxygen atoms in total. The molecule has 2 amide bonds. The van der Waals surface area contributed by atoms with Crippen molar-refractivity contribution in [2.24, 2.45) is 5.92 Å². The third kappa shape index (κ3) is 5.74. The molecule has 0 spiro atoms. The maximum absolute atomic E-state index is 12.2. The highest BCUT2D eigenvalue weighted by molar-refractivity contribution is 5.94. The molecule has 1 fully saturated rings. The van der Waals surface area contributed by atoms with Gasteiger partial charge in [0, 0.05) is 30.6 Å². The van der Waals surface area contributed by atoms with E-state index in [-0.39, 0.29) is 17.7 Å². The Kier molecular flexibility index (Phi) is 6.53. The predicted octanol–water partition coefficient (Wildman–Crippen LogP) is 3.30. The summed E-state index contributed by atoms with van der Waals surface area (Å²) in [4.78, 5) is 24.1. The van der Waals surface area contributed by atoms with Crippen molar-refractivity contribution < 1.29 is 19.1 Å². The van der Waals surface area contributed by atoms with Crippen molar-refractivity contribution in [3.8, 4) is 11.5 Å². The summed E-state index contributed by atoms with van der Waals surface area (Å²) in [5, 5.41) is 5.85. The van der Waals surface area contributed by atoms with Crippen molar-refractivity contribution >= 4 is 17.5 Å². The average molecular weight is 382 g/mol. The van der Waals surface area contributed by atoms with Gasteiger partial charge in [-0.05, 0) is 54.7 Å². The lowest BCUT2D eigenvalue weighted by Crippen LogP contribution is -2.23. The Balaban J connectivity index is 1.48. The second-order valence-corrected chi connectivity index (χ2v) is 6.96. The van der Waals surface area contributed by atoms with Crippen molar-refractivity contribution in [3.63, 3.8) is 0 Å². The molecule has 6 heteroatoms. The van der Waals surface area contributed by atoms with E-state index in [1.54, 1.807) is 20.3 Å². The van der Waals surface area contributed by atoms with Crippen LogP contribution in [0.5, 0.6) is 11.5 Å². The first-order chi connectivity index (χ1) is 13.6. The first-order valence-electron chi connectivity index (χ1n) is 9.46. The average Bonchev–Trinajstić information content (AvgIpc) is 3.56. The molecule has 28 heavy (non-hydrogen) atoms. The second-order valence-electron chi connectivity index (χ2n) is 6.96.